The largest absolute Gasteiger partial charge is 0.497 e. The molecule has 4 rings (SSSR count). The van der Waals surface area contributed by atoms with E-state index in [-0.39, 0.29) is 22.8 Å². The molecular formula is C25H31ClN2O4S. The highest BCUT2D eigenvalue weighted by atomic mass is 35.5. The molecule has 0 bridgehead atoms. The standard InChI is InChI=1S/C25H31ClN2O4S/c1-32-22-10-6-19(7-11-22)24-5-3-2-4-16-28(24)25(29)20-14-17-27(18-15-20)33(30,31)23-12-8-21(26)9-13-23/h6-13,20,24H,2-5,14-18H2,1H3/t24-/m0/s1. The van der Waals surface area contributed by atoms with Crippen LogP contribution in [0.1, 0.15) is 50.1 Å². The smallest absolute Gasteiger partial charge is 0.243 e. The van der Waals surface area contributed by atoms with Crippen molar-refractivity contribution in [2.45, 2.75) is 49.5 Å². The van der Waals surface area contributed by atoms with E-state index < -0.39 is 10.0 Å². The molecule has 0 N–H and O–H groups in total. The van der Waals surface area contributed by atoms with Gasteiger partial charge < -0.3 is 9.64 Å². The lowest BCUT2D eigenvalue weighted by Crippen LogP contribution is -2.45. The molecule has 0 radical (unpaired) electrons. The number of nitrogens with zero attached hydrogens (tertiary/aromatic N) is 2. The third-order valence-corrected chi connectivity index (χ3v) is 8.96. The van der Waals surface area contributed by atoms with Crippen molar-refractivity contribution in [3.05, 3.63) is 59.1 Å². The summed E-state index contributed by atoms with van der Waals surface area (Å²) in [5, 5.41) is 0.502. The van der Waals surface area contributed by atoms with Crippen LogP contribution < -0.4 is 4.74 Å². The summed E-state index contributed by atoms with van der Waals surface area (Å²) in [6, 6.07) is 14.3. The second kappa shape index (κ2) is 10.5. The highest BCUT2D eigenvalue weighted by Gasteiger charge is 2.36. The van der Waals surface area contributed by atoms with Gasteiger partial charge in [-0.25, -0.2) is 8.42 Å². The van der Waals surface area contributed by atoms with Gasteiger partial charge in [-0.15, -0.1) is 0 Å². The van der Waals surface area contributed by atoms with Gasteiger partial charge >= 0.3 is 0 Å². The summed E-state index contributed by atoms with van der Waals surface area (Å²) in [5.74, 6) is 0.807. The van der Waals surface area contributed by atoms with Gasteiger partial charge in [0.1, 0.15) is 5.75 Å². The van der Waals surface area contributed by atoms with Crippen LogP contribution in [-0.2, 0) is 14.8 Å². The van der Waals surface area contributed by atoms with Crippen LogP contribution in [0.15, 0.2) is 53.4 Å². The third kappa shape index (κ3) is 5.36. The summed E-state index contributed by atoms with van der Waals surface area (Å²) in [4.78, 5) is 15.9. The summed E-state index contributed by atoms with van der Waals surface area (Å²) < 4.78 is 32.8. The predicted molar refractivity (Wildman–Crippen MR) is 129 cm³/mol. The van der Waals surface area contributed by atoms with Crippen molar-refractivity contribution in [3.63, 3.8) is 0 Å². The molecule has 2 aliphatic rings. The lowest BCUT2D eigenvalue weighted by molar-refractivity contribution is -0.139. The second-order valence-electron chi connectivity index (χ2n) is 8.80. The number of sulfonamides is 1. The fourth-order valence-electron chi connectivity index (χ4n) is 4.88. The van der Waals surface area contributed by atoms with Gasteiger partial charge in [-0.2, -0.15) is 4.31 Å². The van der Waals surface area contributed by atoms with E-state index in [4.69, 9.17) is 16.3 Å². The minimum atomic E-state index is -3.58. The van der Waals surface area contributed by atoms with Crippen molar-refractivity contribution in [1.29, 1.82) is 0 Å². The molecular weight excluding hydrogens is 460 g/mol. The van der Waals surface area contributed by atoms with Crippen molar-refractivity contribution in [2.24, 2.45) is 5.92 Å². The summed E-state index contributed by atoms with van der Waals surface area (Å²) in [7, 11) is -1.93. The number of hydrogen-bond donors (Lipinski definition) is 0. The van der Waals surface area contributed by atoms with E-state index in [1.165, 1.54) is 16.4 Å². The van der Waals surface area contributed by atoms with E-state index in [1.54, 1.807) is 19.2 Å². The molecule has 0 aromatic heterocycles. The molecule has 2 aliphatic heterocycles. The molecule has 2 heterocycles. The molecule has 6 nitrogen and oxygen atoms in total. The zero-order valence-corrected chi connectivity index (χ0v) is 20.5. The zero-order chi connectivity index (χ0) is 23.4. The molecule has 1 atom stereocenters. The first-order valence-electron chi connectivity index (χ1n) is 11.6. The number of benzene rings is 2. The van der Waals surface area contributed by atoms with Gasteiger partial charge in [0.25, 0.3) is 0 Å². The molecule has 33 heavy (non-hydrogen) atoms. The molecule has 1 amide bonds. The van der Waals surface area contributed by atoms with Gasteiger partial charge in [0.15, 0.2) is 0 Å². The van der Waals surface area contributed by atoms with Crippen LogP contribution in [0.2, 0.25) is 5.02 Å². The summed E-state index contributed by atoms with van der Waals surface area (Å²) in [5.41, 5.74) is 1.13. The number of halogens is 1. The summed E-state index contributed by atoms with van der Waals surface area (Å²) in [6.45, 7) is 1.45. The molecule has 2 saturated heterocycles. The van der Waals surface area contributed by atoms with Crippen molar-refractivity contribution in [1.82, 2.24) is 9.21 Å². The fourth-order valence-corrected chi connectivity index (χ4v) is 6.47. The molecule has 0 aliphatic carbocycles. The summed E-state index contributed by atoms with van der Waals surface area (Å²) in [6.07, 6.45) is 5.24. The number of carbonyl (C=O) groups excluding carboxylic acids is 1. The van der Waals surface area contributed by atoms with E-state index in [2.05, 4.69) is 12.1 Å². The molecule has 2 aromatic carbocycles. The normalized spacial score (nSPS) is 20.9. The van der Waals surface area contributed by atoms with Crippen LogP contribution in [0.4, 0.5) is 0 Å². The molecule has 0 spiro atoms. The Bertz CT molecular complexity index is 1050. The molecule has 2 aromatic rings. The maximum Gasteiger partial charge on any atom is 0.243 e. The molecule has 0 saturated carbocycles. The predicted octanol–water partition coefficient (Wildman–Crippen LogP) is 4.89. The number of carbonyl (C=O) groups is 1. The SMILES string of the molecule is COc1ccc([C@@H]2CCCCCN2C(=O)C2CCN(S(=O)(=O)c3ccc(Cl)cc3)CC2)cc1. The first kappa shape index (κ1) is 24.0. The average Bonchev–Trinajstić information content (AvgIpc) is 3.10. The molecule has 178 valence electrons. The lowest BCUT2D eigenvalue weighted by atomic mass is 9.94. The number of piperidine rings is 1. The van der Waals surface area contributed by atoms with E-state index >= 15 is 0 Å². The van der Waals surface area contributed by atoms with Gasteiger partial charge in [-0.05, 0) is 67.6 Å². The summed E-state index contributed by atoms with van der Waals surface area (Å²) >= 11 is 5.90. The van der Waals surface area contributed by atoms with Gasteiger partial charge in [-0.1, -0.05) is 36.6 Å². The van der Waals surface area contributed by atoms with Crippen molar-refractivity contribution < 1.29 is 17.9 Å². The number of rotatable bonds is 5. The quantitative estimate of drug-likeness (QED) is 0.598. The number of likely N-dealkylation sites (tertiary alicyclic amines) is 1. The number of ether oxygens (including phenoxy) is 1. The minimum absolute atomic E-state index is 0.0572. The minimum Gasteiger partial charge on any atom is -0.497 e. The van der Waals surface area contributed by atoms with Crippen LogP contribution in [0, 0.1) is 5.92 Å². The third-order valence-electron chi connectivity index (χ3n) is 6.79. The number of methoxy groups -OCH3 is 1. The van der Waals surface area contributed by atoms with Crippen LogP contribution in [-0.4, -0.2) is 50.3 Å². The molecule has 0 unspecified atom stereocenters. The zero-order valence-electron chi connectivity index (χ0n) is 19.0. The number of amides is 1. The van der Waals surface area contributed by atoms with Crippen LogP contribution in [0.3, 0.4) is 0 Å². The van der Waals surface area contributed by atoms with E-state index in [1.807, 2.05) is 17.0 Å². The van der Waals surface area contributed by atoms with E-state index in [0.29, 0.717) is 31.0 Å². The lowest BCUT2D eigenvalue weighted by Gasteiger charge is -2.37. The average molecular weight is 491 g/mol. The first-order valence-corrected chi connectivity index (χ1v) is 13.4. The van der Waals surface area contributed by atoms with Crippen molar-refractivity contribution >= 4 is 27.5 Å². The van der Waals surface area contributed by atoms with E-state index in [0.717, 1.165) is 43.5 Å². The van der Waals surface area contributed by atoms with E-state index in [9.17, 15) is 13.2 Å². The van der Waals surface area contributed by atoms with Crippen LogP contribution >= 0.6 is 11.6 Å². The Hall–Kier alpha value is -2.09. The Morgan fingerprint density at radius 1 is 0.909 bits per heavy atom. The van der Waals surface area contributed by atoms with Crippen molar-refractivity contribution in [2.75, 3.05) is 26.7 Å². The molecule has 8 heteroatoms. The van der Waals surface area contributed by atoms with Crippen LogP contribution in [0.5, 0.6) is 5.75 Å². The first-order chi connectivity index (χ1) is 15.9. The monoisotopic (exact) mass is 490 g/mol. The van der Waals surface area contributed by atoms with Gasteiger partial charge in [0.05, 0.1) is 18.0 Å². The number of hydrogen-bond acceptors (Lipinski definition) is 4. The second-order valence-corrected chi connectivity index (χ2v) is 11.2. The maximum absolute atomic E-state index is 13.6. The van der Waals surface area contributed by atoms with Crippen LogP contribution in [0.25, 0.3) is 0 Å². The topological polar surface area (TPSA) is 66.9 Å². The van der Waals surface area contributed by atoms with Gasteiger partial charge in [0, 0.05) is 30.6 Å². The van der Waals surface area contributed by atoms with Gasteiger partial charge in [0.2, 0.25) is 15.9 Å². The van der Waals surface area contributed by atoms with Gasteiger partial charge in [-0.3, -0.25) is 4.79 Å². The highest BCUT2D eigenvalue weighted by Crippen LogP contribution is 2.34. The Balaban J connectivity index is 1.45. The Morgan fingerprint density at radius 3 is 2.21 bits per heavy atom. The molecule has 2 fully saturated rings. The highest BCUT2D eigenvalue weighted by molar-refractivity contribution is 7.89. The fraction of sp³-hybridized carbons (Fsp3) is 0.480. The maximum atomic E-state index is 13.6. The van der Waals surface area contributed by atoms with Crippen molar-refractivity contribution in [3.8, 4) is 5.75 Å². The Labute approximate surface area is 201 Å². The Kier molecular flexibility index (Phi) is 7.62. The Morgan fingerprint density at radius 2 is 1.58 bits per heavy atom.